The smallest absolute Gasteiger partial charge is 0.426 e. The molecule has 40 heavy (non-hydrogen) atoms. The van der Waals surface area contributed by atoms with E-state index in [-0.39, 0.29) is 35.7 Å². The van der Waals surface area contributed by atoms with Gasteiger partial charge in [0, 0.05) is 0 Å². The molecule has 0 unspecified atom stereocenters. The topological polar surface area (TPSA) is 102 Å². The van der Waals surface area contributed by atoms with Crippen molar-refractivity contribution in [3.8, 4) is 5.75 Å². The van der Waals surface area contributed by atoms with Crippen LogP contribution in [0.3, 0.4) is 0 Å². The highest BCUT2D eigenvalue weighted by molar-refractivity contribution is 5.88. The van der Waals surface area contributed by atoms with Crippen LogP contribution >= 0.6 is 0 Å². The Morgan fingerprint density at radius 2 is 1.45 bits per heavy atom. The van der Waals surface area contributed by atoms with Crippen molar-refractivity contribution < 1.29 is 42.8 Å². The van der Waals surface area contributed by atoms with Gasteiger partial charge in [-0.2, -0.15) is 8.78 Å². The summed E-state index contributed by atoms with van der Waals surface area (Å²) in [4.78, 5) is 23.9. The van der Waals surface area contributed by atoms with Crippen LogP contribution in [0.4, 0.5) is 8.78 Å². The Morgan fingerprint density at radius 1 is 0.875 bits per heavy atom. The van der Waals surface area contributed by atoms with Gasteiger partial charge in [-0.15, -0.1) is 0 Å². The molecule has 9 heteroatoms. The van der Waals surface area contributed by atoms with Crippen molar-refractivity contribution in [2.75, 3.05) is 26.4 Å². The Bertz CT molecular complexity index is 1130. The third-order valence-electron chi connectivity index (χ3n) is 6.36. The van der Waals surface area contributed by atoms with E-state index >= 15 is 8.78 Å². The van der Waals surface area contributed by atoms with E-state index in [0.29, 0.717) is 12.0 Å². The van der Waals surface area contributed by atoms with Crippen molar-refractivity contribution in [2.24, 2.45) is 0 Å². The quantitative estimate of drug-likeness (QED) is 0.152. The molecule has 2 rings (SSSR count). The molecule has 0 aliphatic rings. The molecule has 2 aromatic rings. The van der Waals surface area contributed by atoms with Crippen LogP contribution in [0.2, 0.25) is 0 Å². The van der Waals surface area contributed by atoms with Crippen molar-refractivity contribution in [3.05, 3.63) is 89.0 Å². The average Bonchev–Trinajstić information content (AvgIpc) is 2.96. The minimum absolute atomic E-state index is 0.0890. The molecule has 0 saturated carbocycles. The summed E-state index contributed by atoms with van der Waals surface area (Å²) < 4.78 is 45.6. The van der Waals surface area contributed by atoms with E-state index in [2.05, 4.69) is 20.1 Å². The van der Waals surface area contributed by atoms with Gasteiger partial charge in [0.2, 0.25) is 0 Å². The summed E-state index contributed by atoms with van der Waals surface area (Å²) in [5, 5.41) is 18.1. The van der Waals surface area contributed by atoms with E-state index in [9.17, 15) is 9.59 Å². The number of benzene rings is 2. The standard InChI is InChI=1S/C31H38F2O7/c1-5-7-8-9-24-10-13-27(16-23(24)6-2)31(32,33)40-28-14-11-25(12-15-28)26(19-38-29(36)21(3)17-34)20-39-30(37)22(4)18-35/h10-16,26,34-35H,3-9,17-20H2,1-2H3. The van der Waals surface area contributed by atoms with Crippen LogP contribution in [0.1, 0.15) is 61.3 Å². The molecule has 0 spiro atoms. The summed E-state index contributed by atoms with van der Waals surface area (Å²) >= 11 is 0. The molecule has 0 bridgehead atoms. The highest BCUT2D eigenvalue weighted by Gasteiger charge is 2.35. The van der Waals surface area contributed by atoms with Crippen molar-refractivity contribution in [2.45, 2.75) is 58.0 Å². The Labute approximate surface area is 234 Å². The van der Waals surface area contributed by atoms with Gasteiger partial charge in [0.15, 0.2) is 0 Å². The number of halogens is 2. The summed E-state index contributed by atoms with van der Waals surface area (Å²) in [7, 11) is 0. The number of carbonyl (C=O) groups excluding carboxylic acids is 2. The fourth-order valence-corrected chi connectivity index (χ4v) is 3.89. The molecule has 0 heterocycles. The van der Waals surface area contributed by atoms with Gasteiger partial charge in [0.25, 0.3) is 0 Å². The minimum Gasteiger partial charge on any atom is -0.461 e. The minimum atomic E-state index is -3.58. The fraction of sp³-hybridized carbons (Fsp3) is 0.419. The van der Waals surface area contributed by atoms with Crippen LogP contribution in [0.15, 0.2) is 66.8 Å². The Hall–Kier alpha value is -3.56. The monoisotopic (exact) mass is 560 g/mol. The summed E-state index contributed by atoms with van der Waals surface area (Å²) in [6, 6.07) is 10.3. The van der Waals surface area contributed by atoms with Gasteiger partial charge in [-0.05, 0) is 60.2 Å². The lowest BCUT2D eigenvalue weighted by Gasteiger charge is -2.21. The number of esters is 2. The zero-order chi connectivity index (χ0) is 29.7. The van der Waals surface area contributed by atoms with Crippen LogP contribution in [0.25, 0.3) is 0 Å². The number of aliphatic hydroxyl groups excluding tert-OH is 2. The number of aliphatic hydroxyl groups is 2. The number of alkyl halides is 2. The van der Waals surface area contributed by atoms with Gasteiger partial charge in [-0.1, -0.05) is 58.0 Å². The first-order valence-electron chi connectivity index (χ1n) is 13.3. The predicted octanol–water partition coefficient (Wildman–Crippen LogP) is 5.38. The maximum absolute atomic E-state index is 15.1. The normalized spacial score (nSPS) is 11.3. The van der Waals surface area contributed by atoms with Crippen LogP contribution in [0.5, 0.6) is 5.75 Å². The lowest BCUT2D eigenvalue weighted by Crippen LogP contribution is -2.23. The van der Waals surface area contributed by atoms with Gasteiger partial charge in [0.05, 0.1) is 35.8 Å². The van der Waals surface area contributed by atoms with Crippen molar-refractivity contribution in [3.63, 3.8) is 0 Å². The van der Waals surface area contributed by atoms with Gasteiger partial charge in [-0.25, -0.2) is 9.59 Å². The molecular formula is C31H38F2O7. The SMILES string of the molecule is C=C(CO)C(=O)OCC(COC(=O)C(=C)CO)c1ccc(OC(F)(F)c2ccc(CCCCC)c(CC)c2)cc1. The maximum atomic E-state index is 15.1. The highest BCUT2D eigenvalue weighted by atomic mass is 19.3. The first-order chi connectivity index (χ1) is 19.1. The molecule has 218 valence electrons. The van der Waals surface area contributed by atoms with Crippen molar-refractivity contribution in [1.82, 2.24) is 0 Å². The van der Waals surface area contributed by atoms with E-state index in [1.807, 2.05) is 6.92 Å². The molecule has 7 nitrogen and oxygen atoms in total. The largest absolute Gasteiger partial charge is 0.461 e. The highest BCUT2D eigenvalue weighted by Crippen LogP contribution is 2.34. The van der Waals surface area contributed by atoms with Crippen LogP contribution in [-0.2, 0) is 38.0 Å². The van der Waals surface area contributed by atoms with E-state index in [4.69, 9.17) is 24.4 Å². The van der Waals surface area contributed by atoms with E-state index in [1.54, 1.807) is 6.07 Å². The molecule has 0 fully saturated rings. The van der Waals surface area contributed by atoms with Crippen LogP contribution in [-0.4, -0.2) is 48.6 Å². The lowest BCUT2D eigenvalue weighted by atomic mass is 9.97. The van der Waals surface area contributed by atoms with Crippen molar-refractivity contribution in [1.29, 1.82) is 0 Å². The maximum Gasteiger partial charge on any atom is 0.426 e. The fourth-order valence-electron chi connectivity index (χ4n) is 3.89. The molecular weight excluding hydrogens is 522 g/mol. The number of rotatable bonds is 17. The molecule has 0 radical (unpaired) electrons. The number of carbonyl (C=O) groups is 2. The van der Waals surface area contributed by atoms with Gasteiger partial charge >= 0.3 is 18.0 Å². The second-order valence-corrected chi connectivity index (χ2v) is 9.40. The number of ether oxygens (including phenoxy) is 3. The summed E-state index contributed by atoms with van der Waals surface area (Å²) in [6.07, 6.45) is 1.08. The number of unbranched alkanes of at least 4 members (excludes halogenated alkanes) is 2. The average molecular weight is 561 g/mol. The molecule has 2 aromatic carbocycles. The third kappa shape index (κ3) is 9.57. The van der Waals surface area contributed by atoms with Crippen LogP contribution in [0, 0.1) is 0 Å². The number of hydrogen-bond donors (Lipinski definition) is 2. The second kappa shape index (κ2) is 15.9. The zero-order valence-electron chi connectivity index (χ0n) is 23.1. The first kappa shape index (κ1) is 32.7. The molecule has 0 aliphatic heterocycles. The molecule has 0 amide bonds. The zero-order valence-corrected chi connectivity index (χ0v) is 23.1. The molecule has 2 N–H and O–H groups in total. The van der Waals surface area contributed by atoms with E-state index in [1.165, 1.54) is 36.4 Å². The Morgan fingerprint density at radius 3 is 1.95 bits per heavy atom. The number of aryl methyl sites for hydroxylation is 2. The molecule has 0 aromatic heterocycles. The summed E-state index contributed by atoms with van der Waals surface area (Å²) in [5.41, 5.74) is 1.89. The third-order valence-corrected chi connectivity index (χ3v) is 6.36. The molecule has 0 atom stereocenters. The van der Waals surface area contributed by atoms with Crippen molar-refractivity contribution >= 4 is 11.9 Å². The molecule has 0 saturated heterocycles. The van der Waals surface area contributed by atoms with Gasteiger partial charge in [-0.3, -0.25) is 0 Å². The second-order valence-electron chi connectivity index (χ2n) is 9.40. The Balaban J connectivity index is 2.18. The van der Waals surface area contributed by atoms with Crippen LogP contribution < -0.4 is 4.74 Å². The number of hydrogen-bond acceptors (Lipinski definition) is 7. The lowest BCUT2D eigenvalue weighted by molar-refractivity contribution is -0.185. The predicted molar refractivity (Wildman–Crippen MR) is 147 cm³/mol. The van der Waals surface area contributed by atoms with Gasteiger partial charge < -0.3 is 24.4 Å². The summed E-state index contributed by atoms with van der Waals surface area (Å²) in [5.74, 6) is -2.44. The molecule has 0 aliphatic carbocycles. The van der Waals surface area contributed by atoms with Gasteiger partial charge in [0.1, 0.15) is 19.0 Å². The Kier molecular flexibility index (Phi) is 13.0. The van der Waals surface area contributed by atoms with E-state index in [0.717, 1.165) is 36.8 Å². The summed E-state index contributed by atoms with van der Waals surface area (Å²) in [6.45, 7) is 9.17. The van der Waals surface area contributed by atoms with E-state index < -0.39 is 37.2 Å². The first-order valence-corrected chi connectivity index (χ1v) is 13.3.